The molecule has 0 atom stereocenters. The molecule has 0 saturated carbocycles. The predicted octanol–water partition coefficient (Wildman–Crippen LogP) is 6.99. The minimum Gasteiger partial charge on any atom is -0.378 e. The minimum absolute atomic E-state index is 0.000930. The molecule has 0 fully saturated rings. The molecule has 0 aliphatic carbocycles. The van der Waals surface area contributed by atoms with E-state index in [2.05, 4.69) is 95.6 Å². The molecule has 9 amide bonds. The van der Waals surface area contributed by atoms with Crippen LogP contribution in [0.4, 0.5) is 0 Å². The number of amides is 9. The molecule has 85 heavy (non-hydrogen) atoms. The van der Waals surface area contributed by atoms with Crippen molar-refractivity contribution in [1.82, 2.24) is 47.9 Å². The van der Waals surface area contributed by atoms with Crippen molar-refractivity contribution in [2.75, 3.05) is 98.3 Å². The van der Waals surface area contributed by atoms with Crippen molar-refractivity contribution in [2.45, 2.75) is 226 Å². The number of carbonyl (C=O) groups excluding carboxylic acids is 9. The fourth-order valence-electron chi connectivity index (χ4n) is 8.49. The summed E-state index contributed by atoms with van der Waals surface area (Å²) in [5.74, 6) is -0.297. The Balaban J connectivity index is 5.69. The van der Waals surface area contributed by atoms with Gasteiger partial charge < -0.3 is 62.1 Å². The molecule has 0 heterocycles. The van der Waals surface area contributed by atoms with E-state index in [1.54, 1.807) is 0 Å². The van der Waals surface area contributed by atoms with Crippen LogP contribution in [-0.2, 0) is 57.4 Å². The highest BCUT2D eigenvalue weighted by molar-refractivity contribution is 7.99. The molecule has 0 radical (unpaired) electrons. The summed E-state index contributed by atoms with van der Waals surface area (Å²) < 4.78 is 18.4. The quantitative estimate of drug-likeness (QED) is 0.0219. The lowest BCUT2D eigenvalue weighted by molar-refractivity contribution is -0.131. The van der Waals surface area contributed by atoms with Gasteiger partial charge in [0.1, 0.15) is 5.54 Å². The van der Waals surface area contributed by atoms with Crippen LogP contribution in [0.1, 0.15) is 215 Å². The van der Waals surface area contributed by atoms with Crippen molar-refractivity contribution in [3.63, 3.8) is 0 Å². The van der Waals surface area contributed by atoms with Crippen LogP contribution in [0.3, 0.4) is 0 Å². The van der Waals surface area contributed by atoms with Crippen molar-refractivity contribution < 1.29 is 57.4 Å². The van der Waals surface area contributed by atoms with Gasteiger partial charge in [-0.2, -0.15) is 11.8 Å². The number of nitrogens with one attached hydrogen (secondary N) is 9. The second-order valence-corrected chi connectivity index (χ2v) is 25.1. The second kappa shape index (κ2) is 53.4. The third-order valence-corrected chi connectivity index (χ3v) is 15.2. The number of carbonyl (C=O) groups is 9. The van der Waals surface area contributed by atoms with Gasteiger partial charge in [0, 0.05) is 108 Å². The van der Waals surface area contributed by atoms with E-state index in [9.17, 15) is 43.2 Å². The summed E-state index contributed by atoms with van der Waals surface area (Å²) in [4.78, 5) is 114. The lowest BCUT2D eigenvalue weighted by Gasteiger charge is -2.34. The fraction of sp³-hybridized carbons (Fsp3) is 0.825. The Morgan fingerprint density at radius 3 is 1.09 bits per heavy atom. The Hall–Kier alpha value is -4.80. The van der Waals surface area contributed by atoms with Gasteiger partial charge in [0.15, 0.2) is 0 Å². The van der Waals surface area contributed by atoms with Crippen molar-refractivity contribution in [2.24, 2.45) is 11.8 Å². The molecular weight excluding hydrogens is 1110 g/mol. The first-order chi connectivity index (χ1) is 40.7. The zero-order chi connectivity index (χ0) is 63.2. The van der Waals surface area contributed by atoms with Crippen LogP contribution in [0.2, 0.25) is 0 Å². The number of allylic oxidation sites excluding steroid dienone is 1. The average Bonchev–Trinajstić information content (AvgIpc) is 3.66. The van der Waals surface area contributed by atoms with E-state index in [0.29, 0.717) is 103 Å². The molecule has 492 valence electrons. The van der Waals surface area contributed by atoms with E-state index in [1.165, 1.54) is 6.08 Å². The van der Waals surface area contributed by atoms with Gasteiger partial charge in [0.05, 0.1) is 39.6 Å². The largest absolute Gasteiger partial charge is 0.378 e. The Morgan fingerprint density at radius 1 is 0.400 bits per heavy atom. The number of ether oxygens (including phenoxy) is 3. The van der Waals surface area contributed by atoms with Crippen LogP contribution < -0.4 is 47.9 Å². The highest BCUT2D eigenvalue weighted by atomic mass is 32.2. The van der Waals surface area contributed by atoms with Crippen LogP contribution in [0.15, 0.2) is 12.2 Å². The summed E-state index contributed by atoms with van der Waals surface area (Å²) in [5, 5.41) is 26.1. The van der Waals surface area contributed by atoms with Crippen LogP contribution in [0, 0.1) is 11.8 Å². The van der Waals surface area contributed by atoms with Crippen LogP contribution in [0.5, 0.6) is 0 Å². The Morgan fingerprint density at radius 2 is 0.729 bits per heavy atom. The number of hydrogen-bond donors (Lipinski definition) is 9. The number of hydrogen-bond acceptors (Lipinski definition) is 13. The summed E-state index contributed by atoms with van der Waals surface area (Å²) in [6, 6.07) is 0. The molecule has 0 aromatic rings. The number of thioether (sulfide) groups is 1. The molecule has 0 rings (SSSR count). The van der Waals surface area contributed by atoms with Crippen molar-refractivity contribution in [1.29, 1.82) is 0 Å². The van der Waals surface area contributed by atoms with Gasteiger partial charge in [-0.15, -0.1) is 0 Å². The lowest BCUT2D eigenvalue weighted by atomic mass is 10.0. The molecule has 0 spiro atoms. The SMILES string of the molecule is CC/C=C/C(=O)NCCCCCCNC(=O)CCCC(=O)NC(COCCC(=O)NCCCNC(=O)CCCCC(C)C)(COCCC(=O)NCCCNC(=O)CCCCC(C)C)COCCC(=O)NCCCNC(=O)CCCCC(C)(C)SC. The van der Waals surface area contributed by atoms with Crippen molar-refractivity contribution >= 4 is 64.9 Å². The van der Waals surface area contributed by atoms with Crippen molar-refractivity contribution in [3.8, 4) is 0 Å². The topological polar surface area (TPSA) is 290 Å². The van der Waals surface area contributed by atoms with E-state index >= 15 is 0 Å². The van der Waals surface area contributed by atoms with E-state index < -0.39 is 11.4 Å². The third kappa shape index (κ3) is 53.2. The first-order valence-corrected chi connectivity index (χ1v) is 33.3. The smallest absolute Gasteiger partial charge is 0.243 e. The van der Waals surface area contributed by atoms with Gasteiger partial charge in [-0.1, -0.05) is 99.5 Å². The molecule has 0 aromatic heterocycles. The fourth-order valence-corrected chi connectivity index (χ4v) is 8.84. The molecule has 0 bridgehead atoms. The predicted molar refractivity (Wildman–Crippen MR) is 340 cm³/mol. The van der Waals surface area contributed by atoms with Gasteiger partial charge >= 0.3 is 0 Å². The van der Waals surface area contributed by atoms with Gasteiger partial charge in [-0.25, -0.2) is 0 Å². The lowest BCUT2D eigenvalue weighted by Crippen LogP contribution is -2.58. The number of unbranched alkanes of at least 4 members (excludes halogenated alkanes) is 6. The molecule has 0 aromatic carbocycles. The molecule has 0 unspecified atom stereocenters. The minimum atomic E-state index is -1.35. The molecule has 0 saturated heterocycles. The summed E-state index contributed by atoms with van der Waals surface area (Å²) in [5.41, 5.74) is -1.35. The Kier molecular flexibility index (Phi) is 50.4. The van der Waals surface area contributed by atoms with E-state index in [0.717, 1.165) is 89.9 Å². The third-order valence-electron chi connectivity index (χ3n) is 13.8. The van der Waals surface area contributed by atoms with E-state index in [-0.39, 0.29) is 130 Å². The highest BCUT2D eigenvalue weighted by Crippen LogP contribution is 2.27. The molecule has 21 nitrogen and oxygen atoms in total. The molecule has 0 aliphatic heterocycles. The first-order valence-electron chi connectivity index (χ1n) is 32.1. The maximum atomic E-state index is 13.8. The second-order valence-electron chi connectivity index (χ2n) is 23.6. The zero-order valence-corrected chi connectivity index (χ0v) is 54.7. The Bertz CT molecular complexity index is 1810. The van der Waals surface area contributed by atoms with Crippen molar-refractivity contribution in [3.05, 3.63) is 12.2 Å². The Labute approximate surface area is 516 Å². The van der Waals surface area contributed by atoms with Crippen LogP contribution in [-0.4, -0.2) is 162 Å². The van der Waals surface area contributed by atoms with E-state index in [1.807, 2.05) is 24.8 Å². The summed E-state index contributed by atoms with van der Waals surface area (Å²) >= 11 is 1.82. The maximum Gasteiger partial charge on any atom is 0.243 e. The molecule has 0 aliphatic rings. The summed E-state index contributed by atoms with van der Waals surface area (Å²) in [6.45, 7) is 17.9. The first kappa shape index (κ1) is 80.2. The van der Waals surface area contributed by atoms with Crippen LogP contribution >= 0.6 is 11.8 Å². The van der Waals surface area contributed by atoms with Gasteiger partial charge in [0.2, 0.25) is 53.2 Å². The zero-order valence-electron chi connectivity index (χ0n) is 53.9. The standard InChI is InChI=1S/C63H117N9O12S/c1-9-10-27-53(73)64-37-19-11-12-20-38-65-57(77)31-21-32-61(81)72-63(48-82-45-33-58(78)69-42-22-39-66-54(74)28-15-13-25-51(2)3,49-83-46-34-59(79)70-43-23-40-67-55(75)29-16-14-26-52(4)5)50-84-47-35-60(80)71-44-24-41-68-56(76)30-17-18-36-62(6,7)85-8/h10,27,51-52H,9,11-26,28-50H2,1-8H3,(H,64,73)(H,65,77)(H,66,74)(H,67,75)(H,68,76)(H,69,78)(H,70,79)(H,71,80)(H,72,81)/b27-10+. The maximum absolute atomic E-state index is 13.8. The molecular formula is C63H117N9O12S. The molecule has 22 heteroatoms. The summed E-state index contributed by atoms with van der Waals surface area (Å²) in [7, 11) is 0. The van der Waals surface area contributed by atoms with Gasteiger partial charge in [0.25, 0.3) is 0 Å². The highest BCUT2D eigenvalue weighted by Gasteiger charge is 2.34. The monoisotopic (exact) mass is 1220 g/mol. The van der Waals surface area contributed by atoms with Gasteiger partial charge in [-0.05, 0) is 94.8 Å². The van der Waals surface area contributed by atoms with Crippen LogP contribution in [0.25, 0.3) is 0 Å². The van der Waals surface area contributed by atoms with Gasteiger partial charge in [-0.3, -0.25) is 43.2 Å². The normalized spacial score (nSPS) is 11.6. The summed E-state index contributed by atoms with van der Waals surface area (Å²) in [6.07, 6.45) is 21.8. The van der Waals surface area contributed by atoms with E-state index in [4.69, 9.17) is 14.2 Å². The average molecular weight is 1220 g/mol. The molecule has 9 N–H and O–H groups in total. The number of rotatable bonds is 57.